The number of carbonyl (C=O) groups is 2. The summed E-state index contributed by atoms with van der Waals surface area (Å²) < 4.78 is 0. The summed E-state index contributed by atoms with van der Waals surface area (Å²) >= 11 is 0. The first-order valence-electron chi connectivity index (χ1n) is 14.1. The molecule has 2 heterocycles. The first kappa shape index (κ1) is 27.5. The van der Waals surface area contributed by atoms with Crippen molar-refractivity contribution in [2.75, 3.05) is 25.5 Å². The van der Waals surface area contributed by atoms with Crippen molar-refractivity contribution in [3.63, 3.8) is 0 Å². The Morgan fingerprint density at radius 1 is 1.02 bits per heavy atom. The smallest absolute Gasteiger partial charge is 0.243 e. The van der Waals surface area contributed by atoms with E-state index in [4.69, 9.17) is 5.53 Å². The molecule has 2 aliphatic heterocycles. The van der Waals surface area contributed by atoms with Crippen LogP contribution in [-0.2, 0) is 22.6 Å². The molecular formula is C32H38N6O2. The van der Waals surface area contributed by atoms with E-state index in [1.165, 1.54) is 16.7 Å². The van der Waals surface area contributed by atoms with Gasteiger partial charge in [-0.25, -0.2) is 5.53 Å². The highest BCUT2D eigenvalue weighted by molar-refractivity contribution is 5.90. The summed E-state index contributed by atoms with van der Waals surface area (Å²) in [6.45, 7) is 3.72. The number of hydrogen-bond acceptors (Lipinski definition) is 6. The Morgan fingerprint density at radius 2 is 1.85 bits per heavy atom. The number of amides is 2. The van der Waals surface area contributed by atoms with Crippen molar-refractivity contribution in [1.82, 2.24) is 15.5 Å². The Kier molecular flexibility index (Phi) is 8.55. The van der Waals surface area contributed by atoms with Crippen LogP contribution in [0.1, 0.15) is 41.0 Å². The molecule has 4 atom stereocenters. The SMILES string of the molecule is CNc1ccc(CNC(=O)[C@@H]2C[C@@H](Cc3cccc(C)c3)CN2C(=O)[C@H]2C[C@@H](c3ccccc3)CN2)cc1N=N. The van der Waals surface area contributed by atoms with Crippen molar-refractivity contribution in [3.8, 4) is 0 Å². The van der Waals surface area contributed by atoms with E-state index in [-0.39, 0.29) is 29.7 Å². The lowest BCUT2D eigenvalue weighted by molar-refractivity contribution is -0.139. The van der Waals surface area contributed by atoms with Gasteiger partial charge in [0.2, 0.25) is 11.8 Å². The van der Waals surface area contributed by atoms with Crippen molar-refractivity contribution < 1.29 is 9.59 Å². The quantitative estimate of drug-likeness (QED) is 0.290. The summed E-state index contributed by atoms with van der Waals surface area (Å²) in [5.74, 6) is 0.362. The number of hydrogen-bond donors (Lipinski definition) is 4. The number of benzene rings is 3. The molecule has 5 rings (SSSR count). The molecule has 0 saturated carbocycles. The lowest BCUT2D eigenvalue weighted by Gasteiger charge is -2.27. The number of rotatable bonds is 9. The summed E-state index contributed by atoms with van der Waals surface area (Å²) in [7, 11) is 1.78. The molecule has 0 radical (unpaired) electrons. The Balaban J connectivity index is 1.30. The lowest BCUT2D eigenvalue weighted by atomic mass is 9.95. The molecule has 208 valence electrons. The maximum atomic E-state index is 13.9. The first-order valence-corrected chi connectivity index (χ1v) is 14.1. The highest BCUT2D eigenvalue weighted by atomic mass is 16.2. The predicted molar refractivity (Wildman–Crippen MR) is 157 cm³/mol. The van der Waals surface area contributed by atoms with E-state index in [0.717, 1.165) is 30.6 Å². The minimum Gasteiger partial charge on any atom is -0.386 e. The van der Waals surface area contributed by atoms with Crippen LogP contribution in [0.3, 0.4) is 0 Å². The van der Waals surface area contributed by atoms with Gasteiger partial charge in [-0.1, -0.05) is 66.2 Å². The molecule has 2 amide bonds. The van der Waals surface area contributed by atoms with Gasteiger partial charge < -0.3 is 20.9 Å². The van der Waals surface area contributed by atoms with Crippen LogP contribution >= 0.6 is 0 Å². The minimum absolute atomic E-state index is 0.0130. The molecule has 2 aliphatic rings. The van der Waals surface area contributed by atoms with Crippen LogP contribution in [0.5, 0.6) is 0 Å². The van der Waals surface area contributed by atoms with Crippen molar-refractivity contribution >= 4 is 23.2 Å². The molecule has 0 unspecified atom stereocenters. The normalized spacial score (nSPS) is 22.2. The van der Waals surface area contributed by atoms with Gasteiger partial charge in [0.15, 0.2) is 0 Å². The van der Waals surface area contributed by atoms with E-state index in [2.05, 4.69) is 64.4 Å². The number of carbonyl (C=O) groups excluding carboxylic acids is 2. The third-order valence-corrected chi connectivity index (χ3v) is 8.20. The molecule has 0 aromatic heterocycles. The van der Waals surface area contributed by atoms with Crippen LogP contribution in [-0.4, -0.2) is 48.9 Å². The monoisotopic (exact) mass is 538 g/mol. The Labute approximate surface area is 236 Å². The van der Waals surface area contributed by atoms with Crippen LogP contribution in [0.15, 0.2) is 77.9 Å². The fourth-order valence-corrected chi connectivity index (χ4v) is 6.14. The third kappa shape index (κ3) is 6.23. The van der Waals surface area contributed by atoms with Gasteiger partial charge in [-0.3, -0.25) is 9.59 Å². The van der Waals surface area contributed by atoms with Crippen molar-refractivity contribution in [2.24, 2.45) is 11.0 Å². The maximum Gasteiger partial charge on any atom is 0.243 e. The van der Waals surface area contributed by atoms with E-state index in [9.17, 15) is 9.59 Å². The summed E-state index contributed by atoms with van der Waals surface area (Å²) in [5.41, 5.74) is 13.3. The van der Waals surface area contributed by atoms with Gasteiger partial charge in [0.05, 0.1) is 11.7 Å². The van der Waals surface area contributed by atoms with E-state index < -0.39 is 6.04 Å². The van der Waals surface area contributed by atoms with Crippen LogP contribution in [0.2, 0.25) is 0 Å². The van der Waals surface area contributed by atoms with Gasteiger partial charge >= 0.3 is 0 Å². The van der Waals surface area contributed by atoms with Crippen molar-refractivity contribution in [2.45, 2.75) is 50.7 Å². The summed E-state index contributed by atoms with van der Waals surface area (Å²) in [4.78, 5) is 29.2. The molecule has 3 aromatic rings. The Hall–Kier alpha value is -4.04. The molecule has 0 aliphatic carbocycles. The van der Waals surface area contributed by atoms with Crippen molar-refractivity contribution in [3.05, 3.63) is 95.1 Å². The molecule has 2 saturated heterocycles. The lowest BCUT2D eigenvalue weighted by Crippen LogP contribution is -2.51. The molecule has 0 spiro atoms. The third-order valence-electron chi connectivity index (χ3n) is 8.20. The molecule has 8 nitrogen and oxygen atoms in total. The number of nitrogens with one attached hydrogen (secondary N) is 4. The zero-order valence-corrected chi connectivity index (χ0v) is 23.2. The second-order valence-electron chi connectivity index (χ2n) is 11.0. The maximum absolute atomic E-state index is 13.9. The van der Waals surface area contributed by atoms with Crippen molar-refractivity contribution in [1.29, 1.82) is 5.53 Å². The highest BCUT2D eigenvalue weighted by Gasteiger charge is 2.43. The zero-order chi connectivity index (χ0) is 28.1. The molecular weight excluding hydrogens is 500 g/mol. The topological polar surface area (TPSA) is 110 Å². The molecule has 40 heavy (non-hydrogen) atoms. The van der Waals surface area contributed by atoms with Crippen LogP contribution in [0, 0.1) is 18.4 Å². The standard InChI is InChI=1S/C32H38N6O2/c1-21-7-6-8-22(13-21)14-24-16-30(31(39)36-18-23-11-12-27(34-2)28(15-23)37-33)38(20-24)32(40)29-17-26(19-35-29)25-9-4-3-5-10-25/h3-13,15,24,26,29-30,33-35H,14,16-20H2,1-2H3,(H,36,39)/t24-,26-,29-,30+/m1/s1. The Morgan fingerprint density at radius 3 is 2.60 bits per heavy atom. The predicted octanol–water partition coefficient (Wildman–Crippen LogP) is 4.92. The summed E-state index contributed by atoms with van der Waals surface area (Å²) in [6.07, 6.45) is 2.19. The van der Waals surface area contributed by atoms with E-state index >= 15 is 0 Å². The molecule has 0 bridgehead atoms. The number of likely N-dealkylation sites (tertiary alicyclic amines) is 1. The summed E-state index contributed by atoms with van der Waals surface area (Å²) in [6, 6.07) is 23.5. The first-order chi connectivity index (χ1) is 19.4. The van der Waals surface area contributed by atoms with E-state index in [0.29, 0.717) is 25.2 Å². The molecule has 2 fully saturated rings. The van der Waals surface area contributed by atoms with Crippen LogP contribution in [0.4, 0.5) is 11.4 Å². The van der Waals surface area contributed by atoms with Gasteiger partial charge in [-0.15, -0.1) is 0 Å². The summed E-state index contributed by atoms with van der Waals surface area (Å²) in [5, 5.41) is 13.1. The average Bonchev–Trinajstić information content (AvgIpc) is 3.64. The van der Waals surface area contributed by atoms with Gasteiger partial charge in [0.1, 0.15) is 11.7 Å². The number of nitrogens with zero attached hydrogens (tertiary/aromatic N) is 2. The second-order valence-corrected chi connectivity index (χ2v) is 11.0. The van der Waals surface area contributed by atoms with Gasteiger partial charge in [-0.2, -0.15) is 5.11 Å². The highest BCUT2D eigenvalue weighted by Crippen LogP contribution is 2.32. The second kappa shape index (κ2) is 12.4. The van der Waals surface area contributed by atoms with Gasteiger partial charge in [0.25, 0.3) is 0 Å². The zero-order valence-electron chi connectivity index (χ0n) is 23.2. The molecule has 8 heteroatoms. The van der Waals surface area contributed by atoms with Crippen LogP contribution < -0.4 is 16.0 Å². The molecule has 3 aromatic carbocycles. The fraction of sp³-hybridized carbons (Fsp3) is 0.375. The van der Waals surface area contributed by atoms with Gasteiger partial charge in [-0.05, 0) is 66.8 Å². The number of aryl methyl sites for hydroxylation is 1. The fourth-order valence-electron chi connectivity index (χ4n) is 6.14. The minimum atomic E-state index is -0.517. The average molecular weight is 539 g/mol. The Bertz CT molecular complexity index is 1360. The van der Waals surface area contributed by atoms with E-state index in [1.54, 1.807) is 13.1 Å². The molecule has 4 N–H and O–H groups in total. The van der Waals surface area contributed by atoms with Gasteiger partial charge in [0, 0.05) is 26.7 Å². The van der Waals surface area contributed by atoms with E-state index in [1.807, 2.05) is 35.2 Å². The van der Waals surface area contributed by atoms with Crippen LogP contribution in [0.25, 0.3) is 0 Å². The number of anilines is 1. The largest absolute Gasteiger partial charge is 0.386 e.